The van der Waals surface area contributed by atoms with Gasteiger partial charge in [-0.15, -0.1) is 10.2 Å². The van der Waals surface area contributed by atoms with Crippen LogP contribution in [0.1, 0.15) is 25.8 Å². The molecular weight excluding hydrogens is 410 g/mol. The number of nitrogens with two attached hydrogens (primary N) is 1. The van der Waals surface area contributed by atoms with Crippen LogP contribution in [-0.2, 0) is 20.0 Å². The number of amides is 1. The number of fused-ring (bicyclic) bond motifs is 1. The molecule has 1 aliphatic rings. The number of hydrogen-bond donors (Lipinski definition) is 1. The summed E-state index contributed by atoms with van der Waals surface area (Å²) in [5.41, 5.74) is 8.90. The van der Waals surface area contributed by atoms with E-state index < -0.39 is 21.2 Å². The summed E-state index contributed by atoms with van der Waals surface area (Å²) in [4.78, 5) is 11.6. The molecule has 1 heterocycles. The Morgan fingerprint density at radius 3 is 2.39 bits per heavy atom. The van der Waals surface area contributed by atoms with Crippen LogP contribution >= 0.6 is 0 Å². The van der Waals surface area contributed by atoms with E-state index in [-0.39, 0.29) is 5.03 Å². The van der Waals surface area contributed by atoms with E-state index in [0.717, 1.165) is 28.3 Å². The molecule has 6 nitrogen and oxygen atoms in total. The van der Waals surface area contributed by atoms with E-state index in [1.165, 1.54) is 0 Å². The Morgan fingerprint density at radius 2 is 1.77 bits per heavy atom. The first-order chi connectivity index (χ1) is 14.6. The van der Waals surface area contributed by atoms with Gasteiger partial charge in [0.25, 0.3) is 0 Å². The fourth-order valence-corrected chi connectivity index (χ4v) is 4.93. The molecule has 0 fully saturated rings. The number of nitrogens with zero attached hydrogens (tertiary/aromatic N) is 2. The van der Waals surface area contributed by atoms with Crippen LogP contribution in [0.4, 0.5) is 0 Å². The van der Waals surface area contributed by atoms with Gasteiger partial charge in [-0.3, -0.25) is 4.79 Å². The smallest absolute Gasteiger partial charge is 0.248 e. The molecule has 31 heavy (non-hydrogen) atoms. The van der Waals surface area contributed by atoms with Gasteiger partial charge in [0.05, 0.1) is 0 Å². The number of carbonyl (C=O) groups is 1. The normalized spacial score (nSPS) is 19.1. The quantitative estimate of drug-likeness (QED) is 0.675. The Labute approximate surface area is 181 Å². The predicted octanol–water partition coefficient (Wildman–Crippen LogP) is 3.72. The van der Waals surface area contributed by atoms with Gasteiger partial charge in [-0.1, -0.05) is 67.1 Å². The molecule has 0 aliphatic heterocycles. The Hall–Kier alpha value is -3.32. The van der Waals surface area contributed by atoms with Crippen LogP contribution in [0.15, 0.2) is 76.9 Å². The van der Waals surface area contributed by atoms with Gasteiger partial charge in [-0.2, -0.15) is 0 Å². The summed E-state index contributed by atoms with van der Waals surface area (Å²) in [6.45, 7) is 3.95. The fraction of sp³-hybridized carbons (Fsp3) is 0.208. The molecule has 0 radical (unpaired) electrons. The van der Waals surface area contributed by atoms with Gasteiger partial charge in [0.15, 0.2) is 14.9 Å². The van der Waals surface area contributed by atoms with E-state index in [9.17, 15) is 13.2 Å². The van der Waals surface area contributed by atoms with E-state index in [0.29, 0.717) is 23.1 Å². The summed E-state index contributed by atoms with van der Waals surface area (Å²) in [5, 5.41) is 9.54. The Bertz CT molecular complexity index is 1380. The van der Waals surface area contributed by atoms with E-state index >= 15 is 0 Å². The number of allylic oxidation sites excluding steroid dienone is 2. The van der Waals surface area contributed by atoms with E-state index in [4.69, 9.17) is 5.73 Å². The highest BCUT2D eigenvalue weighted by molar-refractivity contribution is 7.90. The summed E-state index contributed by atoms with van der Waals surface area (Å²) in [6.07, 6.45) is 5.45. The lowest BCUT2D eigenvalue weighted by Crippen LogP contribution is -2.25. The van der Waals surface area contributed by atoms with E-state index in [1.54, 1.807) is 6.08 Å². The van der Waals surface area contributed by atoms with Crippen LogP contribution < -0.4 is 5.73 Å². The lowest BCUT2D eigenvalue weighted by Gasteiger charge is -2.31. The minimum absolute atomic E-state index is 0.0440. The minimum atomic E-state index is -3.59. The van der Waals surface area contributed by atoms with Crippen molar-refractivity contribution < 1.29 is 13.2 Å². The first-order valence-electron chi connectivity index (χ1n) is 9.85. The van der Waals surface area contributed by atoms with Crippen molar-refractivity contribution in [2.24, 2.45) is 5.73 Å². The number of carbonyl (C=O) groups excluding carboxylic acids is 1. The van der Waals surface area contributed by atoms with Crippen molar-refractivity contribution in [2.45, 2.75) is 30.7 Å². The van der Waals surface area contributed by atoms with Gasteiger partial charge < -0.3 is 5.73 Å². The zero-order chi connectivity index (χ0) is 22.4. The Kier molecular flexibility index (Phi) is 5.01. The molecule has 1 aromatic heterocycles. The van der Waals surface area contributed by atoms with Crippen LogP contribution in [0.2, 0.25) is 0 Å². The molecule has 1 aliphatic carbocycles. The molecule has 2 aromatic carbocycles. The monoisotopic (exact) mass is 433 g/mol. The molecule has 158 valence electrons. The Morgan fingerprint density at radius 1 is 1.06 bits per heavy atom. The maximum atomic E-state index is 12.5. The molecule has 4 rings (SSSR count). The van der Waals surface area contributed by atoms with Crippen molar-refractivity contribution in [1.82, 2.24) is 10.2 Å². The van der Waals surface area contributed by atoms with Crippen LogP contribution in [0.25, 0.3) is 22.0 Å². The van der Waals surface area contributed by atoms with Crippen molar-refractivity contribution >= 4 is 26.5 Å². The van der Waals surface area contributed by atoms with Crippen molar-refractivity contribution in [3.05, 3.63) is 77.4 Å². The second-order valence-electron chi connectivity index (χ2n) is 8.24. The number of sulfone groups is 1. The number of hydrogen-bond acceptors (Lipinski definition) is 5. The van der Waals surface area contributed by atoms with Gasteiger partial charge >= 0.3 is 0 Å². The second-order valence-corrected chi connectivity index (χ2v) is 10.2. The van der Waals surface area contributed by atoms with Gasteiger partial charge in [-0.25, -0.2) is 8.42 Å². The highest BCUT2D eigenvalue weighted by Crippen LogP contribution is 2.40. The second kappa shape index (κ2) is 7.42. The highest BCUT2D eigenvalue weighted by Gasteiger charge is 2.30. The van der Waals surface area contributed by atoms with Crippen LogP contribution in [0.5, 0.6) is 0 Å². The molecule has 0 bridgehead atoms. The number of aromatic nitrogens is 2. The lowest BCUT2D eigenvalue weighted by atomic mass is 9.73. The van der Waals surface area contributed by atoms with E-state index in [1.807, 2.05) is 61.5 Å². The lowest BCUT2D eigenvalue weighted by molar-refractivity contribution is -0.114. The van der Waals surface area contributed by atoms with Gasteiger partial charge in [0, 0.05) is 33.6 Å². The van der Waals surface area contributed by atoms with Crippen LogP contribution in [-0.4, -0.2) is 30.8 Å². The molecule has 3 aromatic rings. The van der Waals surface area contributed by atoms with Crippen LogP contribution in [0.3, 0.4) is 0 Å². The zero-order valence-electron chi connectivity index (χ0n) is 17.6. The molecule has 2 N–H and O–H groups in total. The summed E-state index contributed by atoms with van der Waals surface area (Å²) < 4.78 is 24.9. The minimum Gasteiger partial charge on any atom is -0.366 e. The molecule has 1 amide bonds. The molecule has 1 unspecified atom stereocenters. The molecular formula is C24H23N3O3S. The molecule has 7 heteroatoms. The first kappa shape index (κ1) is 20.9. The maximum absolute atomic E-state index is 12.5. The van der Waals surface area contributed by atoms with Crippen molar-refractivity contribution in [3.8, 4) is 11.3 Å². The molecule has 0 saturated carbocycles. The third-order valence-electron chi connectivity index (χ3n) is 5.78. The van der Waals surface area contributed by atoms with Crippen LogP contribution in [0, 0.1) is 0 Å². The largest absolute Gasteiger partial charge is 0.366 e. The summed E-state index contributed by atoms with van der Waals surface area (Å²) in [6, 6.07) is 15.3. The summed E-state index contributed by atoms with van der Waals surface area (Å²) >= 11 is 0. The predicted molar refractivity (Wildman–Crippen MR) is 121 cm³/mol. The summed E-state index contributed by atoms with van der Waals surface area (Å²) in [5.74, 6) is -0.448. The number of benzene rings is 2. The molecule has 1 atom stereocenters. The molecule has 0 saturated heterocycles. The van der Waals surface area contributed by atoms with E-state index in [2.05, 4.69) is 17.1 Å². The number of rotatable bonds is 4. The SMILES string of the molecule is CC1=C(C(N)=O)C=CC(C)(c2ccc3c(-c4ccccc4)nnc(S(C)(=O)=O)c3c2)C1. The van der Waals surface area contributed by atoms with Crippen molar-refractivity contribution in [2.75, 3.05) is 6.26 Å². The van der Waals surface area contributed by atoms with Crippen molar-refractivity contribution in [3.63, 3.8) is 0 Å². The third-order valence-corrected chi connectivity index (χ3v) is 6.78. The maximum Gasteiger partial charge on any atom is 0.248 e. The fourth-order valence-electron chi connectivity index (χ4n) is 4.17. The molecule has 0 spiro atoms. The van der Waals surface area contributed by atoms with Gasteiger partial charge in [0.1, 0.15) is 5.69 Å². The Balaban J connectivity index is 1.93. The number of primary amides is 1. The van der Waals surface area contributed by atoms with Crippen molar-refractivity contribution in [1.29, 1.82) is 0 Å². The average Bonchev–Trinajstić information content (AvgIpc) is 2.72. The summed E-state index contributed by atoms with van der Waals surface area (Å²) in [7, 11) is -3.59. The topological polar surface area (TPSA) is 103 Å². The zero-order valence-corrected chi connectivity index (χ0v) is 18.4. The average molecular weight is 434 g/mol. The van der Waals surface area contributed by atoms with Gasteiger partial charge in [0.2, 0.25) is 5.91 Å². The standard InChI is InChI=1S/C24H23N3O3S/c1-15-14-24(2,12-11-18(15)22(25)28)17-9-10-19-20(13-17)23(31(3,29)30)27-26-21(19)16-7-5-4-6-8-16/h4-13H,14H2,1-3H3,(H2,25,28). The first-order valence-corrected chi connectivity index (χ1v) is 11.7. The highest BCUT2D eigenvalue weighted by atomic mass is 32.2. The van der Waals surface area contributed by atoms with Gasteiger partial charge in [-0.05, 0) is 25.0 Å². The third kappa shape index (κ3) is 3.77.